The molecule has 2 N–H and O–H groups in total. The molecule has 0 saturated heterocycles. The highest BCUT2D eigenvalue weighted by Gasteiger charge is 2.26. The van der Waals surface area contributed by atoms with Gasteiger partial charge in [0.2, 0.25) is 6.79 Å². The normalized spacial score (nSPS) is 13.7. The number of ether oxygens (including phenoxy) is 2. The summed E-state index contributed by atoms with van der Waals surface area (Å²) in [6.07, 6.45) is 2.77. The van der Waals surface area contributed by atoms with Gasteiger partial charge in [-0.1, -0.05) is 52.5 Å². The minimum absolute atomic E-state index is 0.000194. The van der Waals surface area contributed by atoms with E-state index < -0.39 is 5.92 Å². The number of hydrogen-bond donors (Lipinski definition) is 2. The van der Waals surface area contributed by atoms with E-state index in [0.29, 0.717) is 17.1 Å². The Morgan fingerprint density at radius 3 is 1.78 bits per heavy atom. The minimum atomic E-state index is -0.955. The van der Waals surface area contributed by atoms with Gasteiger partial charge in [-0.2, -0.15) is 10.5 Å². The molecule has 180 valence electrons. The third-order valence-corrected chi connectivity index (χ3v) is 6.36. The van der Waals surface area contributed by atoms with E-state index in [-0.39, 0.29) is 60.7 Å². The lowest BCUT2D eigenvalue weighted by molar-refractivity contribution is 0.174. The Hall–Kier alpha value is -3.52. The molecule has 36 heavy (non-hydrogen) atoms. The summed E-state index contributed by atoms with van der Waals surface area (Å²) in [4.78, 5) is 0. The molecule has 0 unspecified atom stereocenters. The summed E-state index contributed by atoms with van der Waals surface area (Å²) in [5.74, 6) is -0.556. The van der Waals surface area contributed by atoms with Gasteiger partial charge in [-0.25, -0.2) is 0 Å². The van der Waals surface area contributed by atoms with E-state index in [0.717, 1.165) is 0 Å². The summed E-state index contributed by atoms with van der Waals surface area (Å²) in [6, 6.07) is 14.8. The van der Waals surface area contributed by atoms with E-state index in [1.54, 1.807) is 18.2 Å². The van der Waals surface area contributed by atoms with Crippen LogP contribution < -0.4 is 9.47 Å². The van der Waals surface area contributed by atoms with Crippen LogP contribution in [0.1, 0.15) is 22.6 Å². The van der Waals surface area contributed by atoms with Gasteiger partial charge in [0, 0.05) is 32.3 Å². The molecular formula is C26H14Cl4N2O4. The molecule has 3 aromatic carbocycles. The van der Waals surface area contributed by atoms with Gasteiger partial charge in [-0.05, 0) is 54.1 Å². The first kappa shape index (κ1) is 25.6. The summed E-state index contributed by atoms with van der Waals surface area (Å²) >= 11 is 24.3. The number of allylic oxidation sites excluding steroid dienone is 2. The average Bonchev–Trinajstić information content (AvgIpc) is 3.31. The van der Waals surface area contributed by atoms with Gasteiger partial charge in [0.1, 0.15) is 11.5 Å². The molecule has 0 amide bonds. The molecule has 1 aliphatic heterocycles. The number of fused-ring (bicyclic) bond motifs is 1. The summed E-state index contributed by atoms with van der Waals surface area (Å²) < 4.78 is 10.9. The van der Waals surface area contributed by atoms with E-state index in [4.69, 9.17) is 55.9 Å². The first-order chi connectivity index (χ1) is 17.2. The van der Waals surface area contributed by atoms with Gasteiger partial charge < -0.3 is 19.7 Å². The molecule has 0 atom stereocenters. The van der Waals surface area contributed by atoms with E-state index in [9.17, 15) is 20.7 Å². The Morgan fingerprint density at radius 2 is 1.28 bits per heavy atom. The first-order valence-electron chi connectivity index (χ1n) is 10.2. The smallest absolute Gasteiger partial charge is 0.231 e. The van der Waals surface area contributed by atoms with Crippen LogP contribution in [0.15, 0.2) is 53.6 Å². The molecule has 0 spiro atoms. The van der Waals surface area contributed by atoms with Crippen LogP contribution in [0, 0.1) is 22.7 Å². The van der Waals surface area contributed by atoms with E-state index in [1.165, 1.54) is 36.4 Å². The number of benzene rings is 3. The fraction of sp³-hybridized carbons (Fsp3) is 0.0769. The fourth-order valence-corrected chi connectivity index (χ4v) is 4.72. The van der Waals surface area contributed by atoms with Crippen LogP contribution in [-0.4, -0.2) is 17.0 Å². The van der Waals surface area contributed by atoms with Crippen LogP contribution in [0.3, 0.4) is 0 Å². The van der Waals surface area contributed by atoms with Crippen molar-refractivity contribution in [3.05, 3.63) is 90.4 Å². The van der Waals surface area contributed by atoms with Gasteiger partial charge >= 0.3 is 0 Å². The van der Waals surface area contributed by atoms with Crippen molar-refractivity contribution in [2.24, 2.45) is 0 Å². The van der Waals surface area contributed by atoms with Gasteiger partial charge in [-0.3, -0.25) is 0 Å². The van der Waals surface area contributed by atoms with Crippen LogP contribution in [0.5, 0.6) is 23.0 Å². The van der Waals surface area contributed by atoms with Crippen LogP contribution in [-0.2, 0) is 0 Å². The Kier molecular flexibility index (Phi) is 7.54. The van der Waals surface area contributed by atoms with Gasteiger partial charge in [0.25, 0.3) is 0 Å². The first-order valence-corrected chi connectivity index (χ1v) is 11.7. The molecule has 1 heterocycles. The number of nitrogens with zero attached hydrogens (tertiary/aromatic N) is 2. The van der Waals surface area contributed by atoms with Crippen molar-refractivity contribution in [1.82, 2.24) is 0 Å². The van der Waals surface area contributed by atoms with Crippen molar-refractivity contribution >= 4 is 58.6 Å². The Balaban J connectivity index is 1.95. The standard InChI is InChI=1S/C26H14Cl4N2O4/c27-18-5-14(25(33)20(29)8-18)3-16(10-31)24(13-1-2-22-23(7-13)36-12-35-22)17(11-32)4-15-6-19(28)9-21(30)26(15)34/h1-9,24,33-34H,12H2. The van der Waals surface area contributed by atoms with Crippen LogP contribution in [0.2, 0.25) is 20.1 Å². The highest BCUT2D eigenvalue weighted by Crippen LogP contribution is 2.42. The van der Waals surface area contributed by atoms with Crippen molar-refractivity contribution in [3.63, 3.8) is 0 Å². The molecule has 0 radical (unpaired) electrons. The number of aromatic hydroxyl groups is 2. The summed E-state index contributed by atoms with van der Waals surface area (Å²) in [5, 5.41) is 41.7. The zero-order chi connectivity index (χ0) is 26.0. The zero-order valence-electron chi connectivity index (χ0n) is 18.1. The van der Waals surface area contributed by atoms with Gasteiger partial charge in [0.15, 0.2) is 11.5 Å². The average molecular weight is 560 g/mol. The minimum Gasteiger partial charge on any atom is -0.506 e. The maximum atomic E-state index is 10.5. The molecule has 3 aromatic rings. The number of phenols is 2. The van der Waals surface area contributed by atoms with Crippen molar-refractivity contribution in [1.29, 1.82) is 10.5 Å². The Labute approximate surface area is 226 Å². The molecule has 0 saturated carbocycles. The predicted octanol–water partition coefficient (Wildman–Crippen LogP) is 7.74. The molecule has 6 nitrogen and oxygen atoms in total. The Bertz CT molecular complexity index is 1430. The lowest BCUT2D eigenvalue weighted by Gasteiger charge is -2.18. The topological polar surface area (TPSA) is 107 Å². The second-order valence-electron chi connectivity index (χ2n) is 7.62. The lowest BCUT2D eigenvalue weighted by atomic mass is 9.83. The number of rotatable bonds is 5. The van der Waals surface area contributed by atoms with Crippen molar-refractivity contribution in [2.45, 2.75) is 5.92 Å². The van der Waals surface area contributed by atoms with E-state index >= 15 is 0 Å². The van der Waals surface area contributed by atoms with Gasteiger partial charge in [-0.15, -0.1) is 0 Å². The highest BCUT2D eigenvalue weighted by atomic mass is 35.5. The largest absolute Gasteiger partial charge is 0.506 e. The molecule has 0 aromatic heterocycles. The van der Waals surface area contributed by atoms with Crippen LogP contribution in [0.4, 0.5) is 0 Å². The number of nitriles is 2. The maximum Gasteiger partial charge on any atom is 0.231 e. The van der Waals surface area contributed by atoms with Crippen LogP contribution in [0.25, 0.3) is 12.2 Å². The van der Waals surface area contributed by atoms with E-state index in [2.05, 4.69) is 12.1 Å². The number of hydrogen-bond acceptors (Lipinski definition) is 6. The molecular weight excluding hydrogens is 546 g/mol. The molecule has 10 heteroatoms. The summed E-state index contributed by atoms with van der Waals surface area (Å²) in [7, 11) is 0. The molecule has 0 aliphatic carbocycles. The summed E-state index contributed by atoms with van der Waals surface area (Å²) in [5.41, 5.74) is 1.02. The SMILES string of the molecule is N#CC(=Cc1cc(Cl)cc(Cl)c1O)C(C(C#N)=Cc1cc(Cl)cc(Cl)c1O)c1ccc2c(c1)OCO2. The molecule has 0 bridgehead atoms. The van der Waals surface area contributed by atoms with Crippen molar-refractivity contribution in [2.75, 3.05) is 6.79 Å². The molecule has 4 rings (SSSR count). The van der Waals surface area contributed by atoms with Crippen molar-refractivity contribution < 1.29 is 19.7 Å². The van der Waals surface area contributed by atoms with E-state index in [1.807, 2.05) is 0 Å². The van der Waals surface area contributed by atoms with Crippen LogP contribution >= 0.6 is 46.4 Å². The van der Waals surface area contributed by atoms with Crippen molar-refractivity contribution in [3.8, 4) is 35.1 Å². The molecule has 1 aliphatic rings. The summed E-state index contributed by atoms with van der Waals surface area (Å²) in [6.45, 7) is 0.0368. The van der Waals surface area contributed by atoms with Gasteiger partial charge in [0.05, 0.1) is 28.1 Å². The monoisotopic (exact) mass is 558 g/mol. The second-order valence-corrected chi connectivity index (χ2v) is 9.31. The maximum absolute atomic E-state index is 10.5. The molecule has 0 fully saturated rings. The fourth-order valence-electron chi connectivity index (χ4n) is 3.71. The lowest BCUT2D eigenvalue weighted by Crippen LogP contribution is -2.05. The second kappa shape index (κ2) is 10.6. The predicted molar refractivity (Wildman–Crippen MR) is 139 cm³/mol. The Morgan fingerprint density at radius 1 is 0.778 bits per heavy atom. The third-order valence-electron chi connectivity index (χ3n) is 5.35. The zero-order valence-corrected chi connectivity index (χ0v) is 21.1. The highest BCUT2D eigenvalue weighted by molar-refractivity contribution is 6.36. The third kappa shape index (κ3) is 5.18. The number of phenolic OH excluding ortho intramolecular Hbond substituents is 2. The number of halogens is 4. The quantitative estimate of drug-likeness (QED) is 0.310.